The van der Waals surface area contributed by atoms with Crippen molar-refractivity contribution in [2.45, 2.75) is 40.5 Å². The predicted octanol–water partition coefficient (Wildman–Crippen LogP) is 4.63. The fourth-order valence-electron chi connectivity index (χ4n) is 2.19. The summed E-state index contributed by atoms with van der Waals surface area (Å²) in [7, 11) is 0. The van der Waals surface area contributed by atoms with Crippen LogP contribution in [0.4, 0.5) is 0 Å². The van der Waals surface area contributed by atoms with E-state index in [9.17, 15) is 0 Å². The molecule has 0 fully saturated rings. The largest absolute Gasteiger partial charge is 1.00 e. The van der Waals surface area contributed by atoms with Crippen LogP contribution in [-0.2, 0) is 26.2 Å². The van der Waals surface area contributed by atoms with E-state index < -0.39 is 0 Å². The van der Waals surface area contributed by atoms with Crippen molar-refractivity contribution < 1.29 is 27.6 Å². The molecular weight excluding hydrogens is 271 g/mol. The van der Waals surface area contributed by atoms with E-state index in [2.05, 4.69) is 46.3 Å². The first kappa shape index (κ1) is 13.8. The number of hydrogen-bond donors (Lipinski definition) is 0. The maximum Gasteiger partial charge on any atom is 0 e. The van der Waals surface area contributed by atoms with Gasteiger partial charge in [-0.2, -0.15) is 6.42 Å². The van der Waals surface area contributed by atoms with Crippen molar-refractivity contribution in [2.75, 3.05) is 0 Å². The Labute approximate surface area is 120 Å². The summed E-state index contributed by atoms with van der Waals surface area (Å²) < 4.78 is 0. The van der Waals surface area contributed by atoms with Crippen LogP contribution in [0.5, 0.6) is 0 Å². The molecule has 0 N–H and O–H groups in total. The average molecular weight is 292 g/mol. The maximum atomic E-state index is 2.39. The van der Waals surface area contributed by atoms with E-state index >= 15 is 0 Å². The molecule has 0 aromatic rings. The molecule has 0 unspecified atom stereocenters. The van der Waals surface area contributed by atoms with Crippen LogP contribution in [0.25, 0.3) is 0 Å². The zero-order valence-corrected chi connectivity index (χ0v) is 13.1. The van der Waals surface area contributed by atoms with Crippen molar-refractivity contribution in [3.8, 4) is 0 Å². The molecule has 0 bridgehead atoms. The summed E-state index contributed by atoms with van der Waals surface area (Å²) in [6, 6.07) is 0. The summed E-state index contributed by atoms with van der Waals surface area (Å²) >= 11 is 0. The van der Waals surface area contributed by atoms with Crippen molar-refractivity contribution in [3.63, 3.8) is 0 Å². The SMILES string of the molecule is CC1=CCC([CH-]C2=C(C)C(C)=CC2)=C1C.[H-].[Zr]. The summed E-state index contributed by atoms with van der Waals surface area (Å²) in [6.07, 6.45) is 9.28. The molecule has 1 heteroatoms. The van der Waals surface area contributed by atoms with Crippen LogP contribution in [0.15, 0.2) is 45.6 Å². The molecule has 2 aliphatic carbocycles. The Bertz CT molecular complexity index is 382. The van der Waals surface area contributed by atoms with E-state index in [1.165, 1.54) is 33.4 Å². The molecule has 0 radical (unpaired) electrons. The Balaban J connectivity index is 0.00000128. The topological polar surface area (TPSA) is 0 Å². The molecule has 0 aromatic heterocycles. The van der Waals surface area contributed by atoms with Gasteiger partial charge < -0.3 is 1.43 Å². The molecule has 0 heterocycles. The Kier molecular flexibility index (Phi) is 4.62. The molecule has 0 nitrogen and oxygen atoms in total. The maximum absolute atomic E-state index is 2.39. The Morgan fingerprint density at radius 3 is 1.50 bits per heavy atom. The van der Waals surface area contributed by atoms with E-state index in [0.717, 1.165) is 12.8 Å². The monoisotopic (exact) mass is 290 g/mol. The van der Waals surface area contributed by atoms with Crippen LogP contribution in [0, 0.1) is 6.42 Å². The minimum Gasteiger partial charge on any atom is -1.00 e. The smallest absolute Gasteiger partial charge is 0 e. The molecule has 16 heavy (non-hydrogen) atoms. The Hall–Kier alpha value is -0.287. The minimum atomic E-state index is 0. The first-order valence-electron chi connectivity index (χ1n) is 5.68. The fraction of sp³-hybridized carbons (Fsp3) is 0.400. The van der Waals surface area contributed by atoms with Gasteiger partial charge in [-0.1, -0.05) is 39.8 Å². The first-order chi connectivity index (χ1) is 7.09. The van der Waals surface area contributed by atoms with Crippen molar-refractivity contribution in [3.05, 3.63) is 52.0 Å². The fourth-order valence-corrected chi connectivity index (χ4v) is 2.19. The second-order valence-corrected chi connectivity index (χ2v) is 4.63. The molecule has 0 amide bonds. The van der Waals surface area contributed by atoms with Gasteiger partial charge in [0.1, 0.15) is 0 Å². The first-order valence-corrected chi connectivity index (χ1v) is 5.68. The molecule has 0 atom stereocenters. The molecule has 2 rings (SSSR count). The molecule has 0 aromatic carbocycles. The van der Waals surface area contributed by atoms with Gasteiger partial charge in [-0.25, -0.2) is 0 Å². The zero-order valence-electron chi connectivity index (χ0n) is 11.6. The third kappa shape index (κ3) is 2.51. The molecular formula is C15H20Zr-2. The van der Waals surface area contributed by atoms with Gasteiger partial charge in [0.15, 0.2) is 0 Å². The van der Waals surface area contributed by atoms with E-state index in [-0.39, 0.29) is 27.6 Å². The molecule has 0 saturated heterocycles. The van der Waals surface area contributed by atoms with E-state index in [1.54, 1.807) is 0 Å². The van der Waals surface area contributed by atoms with Gasteiger partial charge in [0.25, 0.3) is 0 Å². The molecule has 2 aliphatic rings. The standard InChI is InChI=1S/C15H19.Zr.H/c1-10-5-7-14(12(10)3)9-15-8-6-11(2)13(15)4;;/h5-6,9H,7-8H2,1-4H3;;/q-1;;-1. The summed E-state index contributed by atoms with van der Waals surface area (Å²) in [6.45, 7) is 8.87. The van der Waals surface area contributed by atoms with Crippen molar-refractivity contribution in [2.24, 2.45) is 0 Å². The summed E-state index contributed by atoms with van der Waals surface area (Å²) in [5.74, 6) is 0. The minimum absolute atomic E-state index is 0. The Morgan fingerprint density at radius 2 is 1.25 bits per heavy atom. The normalized spacial score (nSPS) is 19.8. The number of allylic oxidation sites excluding steroid dienone is 8. The third-order valence-electron chi connectivity index (χ3n) is 3.75. The Morgan fingerprint density at radius 1 is 0.875 bits per heavy atom. The zero-order chi connectivity index (χ0) is 11.0. The van der Waals surface area contributed by atoms with Crippen molar-refractivity contribution in [1.29, 1.82) is 0 Å². The van der Waals surface area contributed by atoms with Crippen LogP contribution in [-0.4, -0.2) is 0 Å². The van der Waals surface area contributed by atoms with Crippen LogP contribution in [0.2, 0.25) is 0 Å². The predicted molar refractivity (Wildman–Crippen MR) is 67.6 cm³/mol. The average Bonchev–Trinajstić information content (AvgIpc) is 2.68. The number of rotatable bonds is 2. The summed E-state index contributed by atoms with van der Waals surface area (Å²) in [5, 5.41) is 0. The van der Waals surface area contributed by atoms with Gasteiger partial charge in [0.2, 0.25) is 0 Å². The van der Waals surface area contributed by atoms with Gasteiger partial charge in [0, 0.05) is 26.2 Å². The molecule has 86 valence electrons. The molecule has 0 spiro atoms. The van der Waals surface area contributed by atoms with Crippen molar-refractivity contribution in [1.82, 2.24) is 0 Å². The van der Waals surface area contributed by atoms with Crippen LogP contribution < -0.4 is 0 Å². The van der Waals surface area contributed by atoms with Gasteiger partial charge in [-0.15, -0.1) is 33.4 Å². The van der Waals surface area contributed by atoms with Crippen LogP contribution in [0.1, 0.15) is 42.0 Å². The second-order valence-electron chi connectivity index (χ2n) is 4.63. The summed E-state index contributed by atoms with van der Waals surface area (Å²) in [4.78, 5) is 0. The van der Waals surface area contributed by atoms with E-state index in [4.69, 9.17) is 0 Å². The van der Waals surface area contributed by atoms with Gasteiger partial charge in [-0.3, -0.25) is 0 Å². The third-order valence-corrected chi connectivity index (χ3v) is 3.75. The summed E-state index contributed by atoms with van der Waals surface area (Å²) in [5.41, 5.74) is 8.85. The van der Waals surface area contributed by atoms with E-state index in [0.29, 0.717) is 0 Å². The van der Waals surface area contributed by atoms with Crippen molar-refractivity contribution >= 4 is 0 Å². The molecule has 0 aliphatic heterocycles. The quantitative estimate of drug-likeness (QED) is 0.651. The van der Waals surface area contributed by atoms with Gasteiger partial charge in [-0.05, 0) is 12.8 Å². The van der Waals surface area contributed by atoms with Crippen LogP contribution >= 0.6 is 0 Å². The van der Waals surface area contributed by atoms with Gasteiger partial charge in [0.05, 0.1) is 0 Å². The van der Waals surface area contributed by atoms with Crippen LogP contribution in [0.3, 0.4) is 0 Å². The second kappa shape index (κ2) is 5.36. The van der Waals surface area contributed by atoms with E-state index in [1.807, 2.05) is 0 Å². The molecule has 0 saturated carbocycles. The number of hydrogen-bond acceptors (Lipinski definition) is 0. The van der Waals surface area contributed by atoms with Gasteiger partial charge >= 0.3 is 0 Å².